The third-order valence-corrected chi connectivity index (χ3v) is 4.39. The lowest BCUT2D eigenvalue weighted by Crippen LogP contribution is -2.48. The molecule has 114 valence electrons. The summed E-state index contributed by atoms with van der Waals surface area (Å²) >= 11 is 0. The predicted octanol–water partition coefficient (Wildman–Crippen LogP) is 3.61. The summed E-state index contributed by atoms with van der Waals surface area (Å²) in [7, 11) is 0. The summed E-state index contributed by atoms with van der Waals surface area (Å²) in [5.74, 6) is -0.136. The Bertz CT molecular complexity index is 882. The molecule has 4 rings (SSSR count). The van der Waals surface area contributed by atoms with Crippen LogP contribution in [0.25, 0.3) is 10.9 Å². The molecule has 3 nitrogen and oxygen atoms in total. The zero-order valence-electron chi connectivity index (χ0n) is 12.4. The highest BCUT2D eigenvalue weighted by molar-refractivity contribution is 6.06. The summed E-state index contributed by atoms with van der Waals surface area (Å²) in [4.78, 5) is 18.8. The molecule has 0 radical (unpaired) electrons. The van der Waals surface area contributed by atoms with Gasteiger partial charge in [0.1, 0.15) is 5.82 Å². The van der Waals surface area contributed by atoms with Crippen LogP contribution in [0.15, 0.2) is 60.8 Å². The lowest BCUT2D eigenvalue weighted by Gasteiger charge is -2.39. The van der Waals surface area contributed by atoms with Crippen molar-refractivity contribution < 1.29 is 9.18 Å². The molecule has 1 saturated heterocycles. The number of hydrogen-bond acceptors (Lipinski definition) is 2. The highest BCUT2D eigenvalue weighted by atomic mass is 19.1. The van der Waals surface area contributed by atoms with E-state index < -0.39 is 0 Å². The van der Waals surface area contributed by atoms with Gasteiger partial charge in [0.2, 0.25) is 0 Å². The summed E-state index contributed by atoms with van der Waals surface area (Å²) < 4.78 is 13.8. The molecule has 0 atom stereocenters. The molecule has 3 aromatic rings. The van der Waals surface area contributed by atoms with Crippen LogP contribution in [-0.2, 0) is 0 Å². The Morgan fingerprint density at radius 2 is 1.78 bits per heavy atom. The van der Waals surface area contributed by atoms with Crippen LogP contribution in [0, 0.1) is 5.82 Å². The van der Waals surface area contributed by atoms with Gasteiger partial charge in [0.15, 0.2) is 0 Å². The average Bonchev–Trinajstić information content (AvgIpc) is 2.54. The van der Waals surface area contributed by atoms with Crippen LogP contribution in [0.3, 0.4) is 0 Å². The summed E-state index contributed by atoms with van der Waals surface area (Å²) in [5.41, 5.74) is 2.16. The highest BCUT2D eigenvalue weighted by Crippen LogP contribution is 2.30. The minimum atomic E-state index is -0.195. The Morgan fingerprint density at radius 3 is 2.61 bits per heavy atom. The number of rotatable bonds is 2. The van der Waals surface area contributed by atoms with E-state index in [1.165, 1.54) is 6.07 Å². The Balaban J connectivity index is 1.56. The molecule has 1 aliphatic heterocycles. The predicted molar refractivity (Wildman–Crippen MR) is 86.8 cm³/mol. The van der Waals surface area contributed by atoms with Crippen molar-refractivity contribution in [2.75, 3.05) is 13.1 Å². The number of carbonyl (C=O) groups excluding carboxylic acids is 1. The summed E-state index contributed by atoms with van der Waals surface area (Å²) in [5, 5.41) is 0.856. The van der Waals surface area contributed by atoms with Crippen LogP contribution in [0.4, 0.5) is 4.39 Å². The second-order valence-corrected chi connectivity index (χ2v) is 5.80. The van der Waals surface area contributed by atoms with Gasteiger partial charge in [-0.2, -0.15) is 0 Å². The molecule has 23 heavy (non-hydrogen) atoms. The molecule has 1 fully saturated rings. The van der Waals surface area contributed by atoms with Crippen molar-refractivity contribution in [1.82, 2.24) is 9.88 Å². The van der Waals surface area contributed by atoms with E-state index in [1.807, 2.05) is 30.3 Å². The van der Waals surface area contributed by atoms with Gasteiger partial charge in [-0.25, -0.2) is 4.39 Å². The van der Waals surface area contributed by atoms with Crippen molar-refractivity contribution in [1.29, 1.82) is 0 Å². The minimum absolute atomic E-state index is 0.0174. The lowest BCUT2D eigenvalue weighted by molar-refractivity contribution is 0.0601. The van der Waals surface area contributed by atoms with E-state index in [0.717, 1.165) is 10.9 Å². The lowest BCUT2D eigenvalue weighted by atomic mass is 9.90. The van der Waals surface area contributed by atoms with Gasteiger partial charge in [0.25, 0.3) is 5.91 Å². The Morgan fingerprint density at radius 1 is 1.04 bits per heavy atom. The first-order valence-electron chi connectivity index (χ1n) is 7.61. The molecule has 0 saturated carbocycles. The molecule has 1 aromatic heterocycles. The second-order valence-electron chi connectivity index (χ2n) is 5.80. The van der Waals surface area contributed by atoms with E-state index in [-0.39, 0.29) is 17.6 Å². The van der Waals surface area contributed by atoms with Crippen molar-refractivity contribution >= 4 is 16.8 Å². The van der Waals surface area contributed by atoms with Gasteiger partial charge in [-0.05, 0) is 23.8 Å². The summed E-state index contributed by atoms with van der Waals surface area (Å²) in [6, 6.07) is 16.1. The standard InChI is InChI=1S/C19H15FN2O/c20-17-7-3-1-5-14(17)13-11-22(12-13)19(23)16-9-10-21-18-8-4-2-6-15(16)18/h1-10,13H,11-12H2. The zero-order valence-corrected chi connectivity index (χ0v) is 12.4. The molecule has 0 spiro atoms. The third kappa shape index (κ3) is 2.36. The highest BCUT2D eigenvalue weighted by Gasteiger charge is 2.34. The molecule has 4 heteroatoms. The third-order valence-electron chi connectivity index (χ3n) is 4.39. The van der Waals surface area contributed by atoms with E-state index in [9.17, 15) is 9.18 Å². The van der Waals surface area contributed by atoms with Gasteiger partial charge in [0, 0.05) is 30.6 Å². The SMILES string of the molecule is O=C(c1ccnc2ccccc12)N1CC(c2ccccc2F)C1. The number of halogens is 1. The Hall–Kier alpha value is -2.75. The number of nitrogens with zero attached hydrogens (tertiary/aromatic N) is 2. The van der Waals surface area contributed by atoms with Crippen molar-refractivity contribution in [3.05, 3.63) is 77.7 Å². The van der Waals surface area contributed by atoms with E-state index in [1.54, 1.807) is 29.3 Å². The molecule has 0 aliphatic carbocycles. The first-order valence-corrected chi connectivity index (χ1v) is 7.61. The van der Waals surface area contributed by atoms with Crippen LogP contribution < -0.4 is 0 Å². The first-order chi connectivity index (χ1) is 11.2. The normalized spacial score (nSPS) is 14.7. The number of para-hydroxylation sites is 1. The van der Waals surface area contributed by atoms with Crippen molar-refractivity contribution in [2.45, 2.75) is 5.92 Å². The maximum atomic E-state index is 13.8. The average molecular weight is 306 g/mol. The fourth-order valence-corrected chi connectivity index (χ4v) is 3.10. The molecular weight excluding hydrogens is 291 g/mol. The number of benzene rings is 2. The molecule has 2 heterocycles. The molecule has 0 unspecified atom stereocenters. The number of amides is 1. The van der Waals surface area contributed by atoms with Gasteiger partial charge in [0.05, 0.1) is 11.1 Å². The van der Waals surface area contributed by atoms with Crippen LogP contribution >= 0.6 is 0 Å². The fourth-order valence-electron chi connectivity index (χ4n) is 3.10. The monoisotopic (exact) mass is 306 g/mol. The van der Waals surface area contributed by atoms with Gasteiger partial charge in [-0.3, -0.25) is 9.78 Å². The van der Waals surface area contributed by atoms with Gasteiger partial charge in [-0.15, -0.1) is 0 Å². The summed E-state index contributed by atoms with van der Waals surface area (Å²) in [6.07, 6.45) is 1.66. The number of fused-ring (bicyclic) bond motifs is 1. The van der Waals surface area contributed by atoms with Crippen LogP contribution in [0.1, 0.15) is 21.8 Å². The van der Waals surface area contributed by atoms with Crippen LogP contribution in [0.5, 0.6) is 0 Å². The molecular formula is C19H15FN2O. The molecule has 1 amide bonds. The van der Waals surface area contributed by atoms with Crippen LogP contribution in [-0.4, -0.2) is 28.9 Å². The largest absolute Gasteiger partial charge is 0.337 e. The van der Waals surface area contributed by atoms with Crippen molar-refractivity contribution in [3.8, 4) is 0 Å². The molecule has 1 aliphatic rings. The molecule has 0 bridgehead atoms. The van der Waals surface area contributed by atoms with Gasteiger partial charge >= 0.3 is 0 Å². The number of hydrogen-bond donors (Lipinski definition) is 0. The maximum absolute atomic E-state index is 13.8. The molecule has 0 N–H and O–H groups in total. The van der Waals surface area contributed by atoms with Crippen molar-refractivity contribution in [2.24, 2.45) is 0 Å². The Kier molecular flexibility index (Phi) is 3.30. The Labute approximate surface area is 133 Å². The number of carbonyl (C=O) groups is 1. The smallest absolute Gasteiger partial charge is 0.254 e. The van der Waals surface area contributed by atoms with Gasteiger partial charge < -0.3 is 4.90 Å². The van der Waals surface area contributed by atoms with E-state index in [2.05, 4.69) is 4.98 Å². The van der Waals surface area contributed by atoms with E-state index >= 15 is 0 Å². The topological polar surface area (TPSA) is 33.2 Å². The maximum Gasteiger partial charge on any atom is 0.254 e. The first kappa shape index (κ1) is 13.9. The summed E-state index contributed by atoms with van der Waals surface area (Å²) in [6.45, 7) is 1.10. The second kappa shape index (κ2) is 5.47. The van der Waals surface area contributed by atoms with E-state index in [4.69, 9.17) is 0 Å². The zero-order chi connectivity index (χ0) is 15.8. The quantitative estimate of drug-likeness (QED) is 0.724. The minimum Gasteiger partial charge on any atom is -0.337 e. The van der Waals surface area contributed by atoms with Crippen molar-refractivity contribution in [3.63, 3.8) is 0 Å². The van der Waals surface area contributed by atoms with Crippen LogP contribution in [0.2, 0.25) is 0 Å². The fraction of sp³-hybridized carbons (Fsp3) is 0.158. The number of likely N-dealkylation sites (tertiary alicyclic amines) is 1. The van der Waals surface area contributed by atoms with E-state index in [0.29, 0.717) is 24.2 Å². The van der Waals surface area contributed by atoms with Gasteiger partial charge in [-0.1, -0.05) is 36.4 Å². The number of pyridine rings is 1. The number of aromatic nitrogens is 1. The molecule has 2 aromatic carbocycles.